The summed E-state index contributed by atoms with van der Waals surface area (Å²) in [4.78, 5) is 10.4. The Labute approximate surface area is 86.5 Å². The van der Waals surface area contributed by atoms with Crippen molar-refractivity contribution in [1.29, 1.82) is 0 Å². The number of hydrogen-bond acceptors (Lipinski definition) is 2. The van der Waals surface area contributed by atoms with Gasteiger partial charge in [-0.1, -0.05) is 13.8 Å². The van der Waals surface area contributed by atoms with Crippen LogP contribution in [0.25, 0.3) is 0 Å². The molecule has 0 aliphatic rings. The van der Waals surface area contributed by atoms with Crippen molar-refractivity contribution in [3.63, 3.8) is 0 Å². The van der Waals surface area contributed by atoms with Crippen LogP contribution in [0.4, 0.5) is 13.2 Å². The van der Waals surface area contributed by atoms with E-state index in [0.29, 0.717) is 0 Å². The zero-order valence-electron chi connectivity index (χ0n) is 8.77. The van der Waals surface area contributed by atoms with Gasteiger partial charge < -0.3 is 10.8 Å². The molecule has 15 heavy (non-hydrogen) atoms. The van der Waals surface area contributed by atoms with Crippen molar-refractivity contribution < 1.29 is 23.1 Å². The second-order valence-corrected chi connectivity index (χ2v) is 4.43. The Morgan fingerprint density at radius 3 is 2.13 bits per heavy atom. The molecule has 0 fully saturated rings. The van der Waals surface area contributed by atoms with Crippen molar-refractivity contribution in [2.24, 2.45) is 11.1 Å². The Hall–Kier alpha value is -0.780. The first-order valence-electron chi connectivity index (χ1n) is 4.59. The molecule has 0 spiro atoms. The van der Waals surface area contributed by atoms with Crippen molar-refractivity contribution in [3.05, 3.63) is 0 Å². The first kappa shape index (κ1) is 14.2. The van der Waals surface area contributed by atoms with Gasteiger partial charge in [0, 0.05) is 6.42 Å². The van der Waals surface area contributed by atoms with Crippen LogP contribution in [0.2, 0.25) is 0 Å². The quantitative estimate of drug-likeness (QED) is 0.756. The average molecular weight is 227 g/mol. The third-order valence-corrected chi connectivity index (χ3v) is 2.17. The maximum Gasteiger partial charge on any atom is 0.389 e. The van der Waals surface area contributed by atoms with Gasteiger partial charge in [0.1, 0.15) is 6.04 Å². The zero-order chi connectivity index (χ0) is 12.3. The number of carboxylic acids is 1. The lowest BCUT2D eigenvalue weighted by Crippen LogP contribution is -2.35. The maximum absolute atomic E-state index is 11.9. The largest absolute Gasteiger partial charge is 0.480 e. The Kier molecular flexibility index (Phi) is 4.58. The molecule has 0 bridgehead atoms. The lowest BCUT2D eigenvalue weighted by atomic mass is 9.81. The monoisotopic (exact) mass is 227 g/mol. The van der Waals surface area contributed by atoms with Gasteiger partial charge in [-0.3, -0.25) is 4.79 Å². The fourth-order valence-corrected chi connectivity index (χ4v) is 1.26. The summed E-state index contributed by atoms with van der Waals surface area (Å²) in [5, 5.41) is 8.53. The van der Waals surface area contributed by atoms with Crippen LogP contribution in [0.3, 0.4) is 0 Å². The molecule has 0 aliphatic carbocycles. The number of carbonyl (C=O) groups is 1. The van der Waals surface area contributed by atoms with Gasteiger partial charge in [0.25, 0.3) is 0 Å². The highest BCUT2D eigenvalue weighted by atomic mass is 19.4. The number of carboxylic acid groups (broad SMARTS) is 1. The Morgan fingerprint density at radius 2 is 1.80 bits per heavy atom. The number of halogens is 3. The van der Waals surface area contributed by atoms with Crippen molar-refractivity contribution in [2.45, 2.75) is 45.3 Å². The van der Waals surface area contributed by atoms with Crippen LogP contribution in [-0.2, 0) is 4.79 Å². The highest BCUT2D eigenvalue weighted by molar-refractivity contribution is 5.73. The molecule has 6 heteroatoms. The molecule has 0 amide bonds. The molecular formula is C9H16F3NO2. The topological polar surface area (TPSA) is 63.3 Å². The fraction of sp³-hybridized carbons (Fsp3) is 0.889. The summed E-state index contributed by atoms with van der Waals surface area (Å²) < 4.78 is 35.8. The molecule has 0 aromatic rings. The molecule has 0 saturated carbocycles. The second kappa shape index (κ2) is 4.83. The van der Waals surface area contributed by atoms with E-state index in [1.807, 2.05) is 0 Å². The van der Waals surface area contributed by atoms with Gasteiger partial charge in [-0.2, -0.15) is 13.2 Å². The molecule has 90 valence electrons. The molecule has 0 radical (unpaired) electrons. The summed E-state index contributed by atoms with van der Waals surface area (Å²) in [6, 6.07) is -1.10. The highest BCUT2D eigenvalue weighted by Gasteiger charge is 2.32. The van der Waals surface area contributed by atoms with Crippen molar-refractivity contribution in [3.8, 4) is 0 Å². The van der Waals surface area contributed by atoms with Crippen LogP contribution in [0.1, 0.15) is 33.1 Å². The summed E-state index contributed by atoms with van der Waals surface area (Å²) in [5.74, 6) is -1.19. The molecule has 0 unspecified atom stereocenters. The van der Waals surface area contributed by atoms with Crippen molar-refractivity contribution in [2.75, 3.05) is 0 Å². The van der Waals surface area contributed by atoms with Crippen LogP contribution in [0.5, 0.6) is 0 Å². The van der Waals surface area contributed by atoms with E-state index in [1.165, 1.54) is 0 Å². The summed E-state index contributed by atoms with van der Waals surface area (Å²) in [6.45, 7) is 3.17. The molecule has 3 N–H and O–H groups in total. The first-order chi connectivity index (χ1) is 6.53. The summed E-state index contributed by atoms with van der Waals surface area (Å²) in [5.41, 5.74) is 4.55. The van der Waals surface area contributed by atoms with Crippen LogP contribution in [-0.4, -0.2) is 23.3 Å². The van der Waals surface area contributed by atoms with Crippen LogP contribution < -0.4 is 5.73 Å². The van der Waals surface area contributed by atoms with E-state index in [9.17, 15) is 18.0 Å². The van der Waals surface area contributed by atoms with E-state index >= 15 is 0 Å². The van der Waals surface area contributed by atoms with Gasteiger partial charge >= 0.3 is 12.1 Å². The number of alkyl halides is 3. The molecule has 0 rings (SSSR count). The molecule has 3 nitrogen and oxygen atoms in total. The molecule has 1 atom stereocenters. The lowest BCUT2D eigenvalue weighted by Gasteiger charge is -2.26. The van der Waals surface area contributed by atoms with Gasteiger partial charge in [0.05, 0.1) is 0 Å². The highest BCUT2D eigenvalue weighted by Crippen LogP contribution is 2.33. The molecular weight excluding hydrogens is 211 g/mol. The number of hydrogen-bond donors (Lipinski definition) is 2. The minimum atomic E-state index is -4.20. The van der Waals surface area contributed by atoms with Crippen LogP contribution >= 0.6 is 0 Å². The van der Waals surface area contributed by atoms with Gasteiger partial charge in [-0.25, -0.2) is 0 Å². The molecule has 0 aromatic heterocycles. The molecule has 0 heterocycles. The third-order valence-electron chi connectivity index (χ3n) is 2.17. The van der Waals surface area contributed by atoms with Gasteiger partial charge in [0.15, 0.2) is 0 Å². The first-order valence-corrected chi connectivity index (χ1v) is 4.59. The van der Waals surface area contributed by atoms with Gasteiger partial charge in [-0.15, -0.1) is 0 Å². The Bertz CT molecular complexity index is 226. The molecule has 0 aromatic carbocycles. The normalized spacial score (nSPS) is 15.1. The van der Waals surface area contributed by atoms with E-state index in [4.69, 9.17) is 10.8 Å². The predicted octanol–water partition coefficient (Wildman–Crippen LogP) is 2.16. The minimum Gasteiger partial charge on any atom is -0.480 e. The van der Waals surface area contributed by atoms with Crippen molar-refractivity contribution in [1.82, 2.24) is 0 Å². The number of aliphatic carboxylic acids is 1. The minimum absolute atomic E-state index is 0.0401. The van der Waals surface area contributed by atoms with E-state index in [-0.39, 0.29) is 12.8 Å². The van der Waals surface area contributed by atoms with E-state index < -0.39 is 30.0 Å². The van der Waals surface area contributed by atoms with E-state index in [0.717, 1.165) is 0 Å². The summed E-state index contributed by atoms with van der Waals surface area (Å²) >= 11 is 0. The maximum atomic E-state index is 11.9. The summed E-state index contributed by atoms with van der Waals surface area (Å²) in [6.07, 6.45) is -5.19. The molecule has 0 aliphatic heterocycles. The zero-order valence-corrected chi connectivity index (χ0v) is 8.77. The third kappa shape index (κ3) is 7.18. The predicted molar refractivity (Wildman–Crippen MR) is 49.3 cm³/mol. The summed E-state index contributed by atoms with van der Waals surface area (Å²) in [7, 11) is 0. The smallest absolute Gasteiger partial charge is 0.389 e. The van der Waals surface area contributed by atoms with Crippen LogP contribution in [0, 0.1) is 5.41 Å². The SMILES string of the molecule is CC(C)(CCC(F)(F)F)C[C@H](N)C(=O)O. The van der Waals surface area contributed by atoms with Crippen LogP contribution in [0.15, 0.2) is 0 Å². The van der Waals surface area contributed by atoms with Gasteiger partial charge in [-0.05, 0) is 18.3 Å². The molecule has 0 saturated heterocycles. The van der Waals surface area contributed by atoms with Crippen molar-refractivity contribution >= 4 is 5.97 Å². The Balaban J connectivity index is 4.13. The lowest BCUT2D eigenvalue weighted by molar-refractivity contribution is -0.142. The average Bonchev–Trinajstić information content (AvgIpc) is 1.99. The van der Waals surface area contributed by atoms with E-state index in [2.05, 4.69) is 0 Å². The second-order valence-electron chi connectivity index (χ2n) is 4.43. The fourth-order valence-electron chi connectivity index (χ4n) is 1.26. The van der Waals surface area contributed by atoms with E-state index in [1.54, 1.807) is 13.8 Å². The standard InChI is InChI=1S/C9H16F3NO2/c1-8(2,3-4-9(10,11)12)5-6(13)7(14)15/h6H,3-5,13H2,1-2H3,(H,14,15)/t6-/m0/s1. The Morgan fingerprint density at radius 1 is 1.33 bits per heavy atom. The van der Waals surface area contributed by atoms with Gasteiger partial charge in [0.2, 0.25) is 0 Å². The number of nitrogens with two attached hydrogens (primary N) is 1. The number of rotatable bonds is 5.